The maximum Gasteiger partial charge on any atom is 0.306 e. The number of esters is 1. The molecule has 0 aromatic rings. The summed E-state index contributed by atoms with van der Waals surface area (Å²) in [4.78, 5) is 26.5. The minimum absolute atomic E-state index is 0.0895. The Kier molecular flexibility index (Phi) is 45.8. The fraction of sp³-hybridized carbons (Fsp3) is 0.710. The Morgan fingerprint density at radius 1 is 0.562 bits per heavy atom. The van der Waals surface area contributed by atoms with Gasteiger partial charge < -0.3 is 45.1 Å². The fourth-order valence-electron chi connectivity index (χ4n) is 8.43. The quantitative estimate of drug-likeness (QED) is 0.0149. The largest absolute Gasteiger partial charge is 0.454 e. The van der Waals surface area contributed by atoms with Crippen molar-refractivity contribution >= 4 is 11.9 Å². The van der Waals surface area contributed by atoms with E-state index in [0.717, 1.165) is 103 Å². The van der Waals surface area contributed by atoms with E-state index in [2.05, 4.69) is 74.7 Å². The third-order valence-corrected chi connectivity index (χ3v) is 13.1. The first kappa shape index (κ1) is 67.6. The zero-order valence-corrected chi connectivity index (χ0v) is 46.0. The summed E-state index contributed by atoms with van der Waals surface area (Å²) in [5.41, 5.74) is 0. The molecule has 73 heavy (non-hydrogen) atoms. The maximum atomic E-state index is 13.4. The minimum Gasteiger partial charge on any atom is -0.454 e. The average Bonchev–Trinajstić information content (AvgIpc) is 3.39. The van der Waals surface area contributed by atoms with Crippen molar-refractivity contribution in [2.45, 2.75) is 269 Å². The van der Waals surface area contributed by atoms with Gasteiger partial charge in [0.25, 0.3) is 0 Å². The van der Waals surface area contributed by atoms with E-state index in [-0.39, 0.29) is 19.4 Å². The number of rotatable bonds is 47. The van der Waals surface area contributed by atoms with E-state index < -0.39 is 67.4 Å². The molecule has 8 atom stereocenters. The van der Waals surface area contributed by atoms with Crippen molar-refractivity contribution in [2.24, 2.45) is 0 Å². The smallest absolute Gasteiger partial charge is 0.306 e. The van der Waals surface area contributed by atoms with Crippen molar-refractivity contribution in [2.75, 3.05) is 13.2 Å². The van der Waals surface area contributed by atoms with Gasteiger partial charge in [-0.2, -0.15) is 0 Å². The molecule has 0 aliphatic carbocycles. The van der Waals surface area contributed by atoms with E-state index in [1.54, 1.807) is 6.08 Å². The predicted octanol–water partition coefficient (Wildman–Crippen LogP) is 13.2. The Hall–Kier alpha value is -3.42. The number of carbonyl (C=O) groups is 2. The van der Waals surface area contributed by atoms with Crippen molar-refractivity contribution in [3.8, 4) is 0 Å². The van der Waals surface area contributed by atoms with Gasteiger partial charge in [-0.15, -0.1) is 0 Å². The summed E-state index contributed by atoms with van der Waals surface area (Å²) in [7, 11) is 0. The zero-order valence-electron chi connectivity index (χ0n) is 46.0. The van der Waals surface area contributed by atoms with Crippen LogP contribution in [0.5, 0.6) is 0 Å². The van der Waals surface area contributed by atoms with E-state index in [4.69, 9.17) is 14.2 Å². The van der Waals surface area contributed by atoms with Gasteiger partial charge in [0, 0.05) is 6.42 Å². The highest BCUT2D eigenvalue weighted by molar-refractivity contribution is 5.80. The summed E-state index contributed by atoms with van der Waals surface area (Å²) < 4.78 is 17.5. The Morgan fingerprint density at radius 3 is 1.63 bits per heavy atom. The second-order valence-electron chi connectivity index (χ2n) is 19.7. The van der Waals surface area contributed by atoms with Crippen LogP contribution in [0.3, 0.4) is 0 Å². The summed E-state index contributed by atoms with van der Waals surface area (Å²) in [6, 6.07) is -1.05. The number of ether oxygens (including phenoxy) is 3. The maximum absolute atomic E-state index is 13.4. The molecule has 11 heteroatoms. The summed E-state index contributed by atoms with van der Waals surface area (Å²) in [6.45, 7) is 5.57. The molecule has 1 heterocycles. The molecule has 0 aromatic heterocycles. The van der Waals surface area contributed by atoms with Gasteiger partial charge in [-0.1, -0.05) is 227 Å². The van der Waals surface area contributed by atoms with E-state index in [1.165, 1.54) is 70.6 Å². The minimum atomic E-state index is -1.63. The number of hydrogen-bond acceptors (Lipinski definition) is 10. The van der Waals surface area contributed by atoms with Crippen molar-refractivity contribution in [3.05, 3.63) is 97.2 Å². The molecular weight excluding hydrogens is 919 g/mol. The van der Waals surface area contributed by atoms with Crippen molar-refractivity contribution < 1.29 is 49.3 Å². The summed E-state index contributed by atoms with van der Waals surface area (Å²) in [6.07, 6.45) is 54.4. The zero-order chi connectivity index (χ0) is 53.3. The second-order valence-corrected chi connectivity index (χ2v) is 19.7. The lowest BCUT2D eigenvalue weighted by atomic mass is 9.99. The topological polar surface area (TPSA) is 175 Å². The summed E-state index contributed by atoms with van der Waals surface area (Å²) in [5.74, 6) is -1.25. The van der Waals surface area contributed by atoms with Crippen LogP contribution in [-0.4, -0.2) is 99.6 Å². The molecule has 1 aliphatic rings. The number of allylic oxidation sites excluding steroid dienone is 15. The number of amides is 1. The van der Waals surface area contributed by atoms with Gasteiger partial charge in [0.1, 0.15) is 24.4 Å². The highest BCUT2D eigenvalue weighted by Gasteiger charge is 2.47. The lowest BCUT2D eigenvalue weighted by Crippen LogP contribution is -2.61. The lowest BCUT2D eigenvalue weighted by molar-refractivity contribution is -0.305. The van der Waals surface area contributed by atoms with E-state index in [1.807, 2.05) is 42.5 Å². The number of unbranched alkanes of at least 4 members (excludes halogenated alkanes) is 22. The van der Waals surface area contributed by atoms with E-state index >= 15 is 0 Å². The van der Waals surface area contributed by atoms with Crippen LogP contribution in [0.25, 0.3) is 0 Å². The molecule has 0 bridgehead atoms. The third kappa shape index (κ3) is 37.9. The Balaban J connectivity index is 2.78. The lowest BCUT2D eigenvalue weighted by Gasteiger charge is -2.41. The molecule has 1 amide bonds. The molecule has 0 radical (unpaired) electrons. The van der Waals surface area contributed by atoms with Crippen molar-refractivity contribution in [3.63, 3.8) is 0 Å². The molecule has 0 saturated carbocycles. The monoisotopic (exact) mass is 1020 g/mol. The van der Waals surface area contributed by atoms with Crippen LogP contribution < -0.4 is 5.32 Å². The molecule has 6 N–H and O–H groups in total. The molecule has 1 aliphatic heterocycles. The van der Waals surface area contributed by atoms with Gasteiger partial charge in [0.2, 0.25) is 5.91 Å². The number of aliphatic hydroxyl groups is 5. The molecule has 1 saturated heterocycles. The number of hydrogen-bond donors (Lipinski definition) is 6. The molecule has 8 unspecified atom stereocenters. The van der Waals surface area contributed by atoms with Gasteiger partial charge in [-0.3, -0.25) is 9.59 Å². The predicted molar refractivity (Wildman–Crippen MR) is 301 cm³/mol. The van der Waals surface area contributed by atoms with E-state index in [9.17, 15) is 35.1 Å². The molecule has 0 aromatic carbocycles. The molecule has 418 valence electrons. The molecule has 1 fully saturated rings. The summed E-state index contributed by atoms with van der Waals surface area (Å²) >= 11 is 0. The first-order valence-corrected chi connectivity index (χ1v) is 29.1. The fourth-order valence-corrected chi connectivity index (χ4v) is 8.43. The third-order valence-electron chi connectivity index (χ3n) is 13.1. The Morgan fingerprint density at radius 2 is 1.04 bits per heavy atom. The SMILES string of the molecule is CC/C=C/C=C/C=C/C=C\CCCCCCCC(=O)OC1C(OCC(NC(=O)C(O)CCCCC/C=C\C/C=C\C/C=C\CCCCC)C(O)/C=C/CCCCCCCCCCCCC)OC(CO)C(O)C1O. The number of carbonyl (C=O) groups excluding carboxylic acids is 2. The second kappa shape index (κ2) is 49.5. The molecule has 0 spiro atoms. The Bertz CT molecular complexity index is 1550. The molecular formula is C62H105NO10. The van der Waals surface area contributed by atoms with Crippen molar-refractivity contribution in [1.82, 2.24) is 5.32 Å². The van der Waals surface area contributed by atoms with Crippen LogP contribution in [0.15, 0.2) is 97.2 Å². The van der Waals surface area contributed by atoms with Gasteiger partial charge in [-0.05, 0) is 83.5 Å². The van der Waals surface area contributed by atoms with Crippen LogP contribution >= 0.6 is 0 Å². The van der Waals surface area contributed by atoms with Gasteiger partial charge in [-0.25, -0.2) is 0 Å². The number of nitrogens with one attached hydrogen (secondary N) is 1. The van der Waals surface area contributed by atoms with Crippen LogP contribution in [0.2, 0.25) is 0 Å². The highest BCUT2D eigenvalue weighted by Crippen LogP contribution is 2.26. The van der Waals surface area contributed by atoms with E-state index in [0.29, 0.717) is 12.8 Å². The van der Waals surface area contributed by atoms with Crippen LogP contribution in [-0.2, 0) is 23.8 Å². The van der Waals surface area contributed by atoms with Crippen molar-refractivity contribution in [1.29, 1.82) is 0 Å². The normalized spacial score (nSPS) is 20.1. The van der Waals surface area contributed by atoms with Gasteiger partial charge in [0.15, 0.2) is 12.4 Å². The Labute approximate surface area is 444 Å². The molecule has 1 rings (SSSR count). The van der Waals surface area contributed by atoms with Gasteiger partial charge in [0.05, 0.1) is 25.4 Å². The van der Waals surface area contributed by atoms with Crippen LogP contribution in [0.1, 0.15) is 220 Å². The van der Waals surface area contributed by atoms with Crippen LogP contribution in [0, 0.1) is 0 Å². The standard InChI is InChI=1S/C62H105NO10/c1-4-7-10-13-16-19-22-25-27-29-31-34-37-40-43-46-49-55(66)61(70)63-53(54(65)48-45-42-39-36-33-30-24-21-18-15-12-9-6-3)52-71-62-60(59(69)58(68)56(51-64)72-62)73-57(67)50-47-44-41-38-35-32-28-26-23-20-17-14-11-8-5-2/h8,11,14,16-17,19-20,23,25-28,31,34,45,48,53-56,58-60,62,64-66,68-69H,4-7,9-10,12-13,15,18,21-22,24,29-30,32-33,35-44,46-47,49-52H2,1-3H3,(H,63,70)/b11-8+,17-14+,19-16-,23-20+,27-25-,28-26-,34-31-,48-45+. The first-order valence-electron chi connectivity index (χ1n) is 29.1. The summed E-state index contributed by atoms with van der Waals surface area (Å²) in [5, 5.41) is 56.8. The first-order chi connectivity index (χ1) is 35.7. The average molecular weight is 1020 g/mol. The van der Waals surface area contributed by atoms with Crippen LogP contribution in [0.4, 0.5) is 0 Å². The number of aliphatic hydroxyl groups excluding tert-OH is 5. The van der Waals surface area contributed by atoms with Gasteiger partial charge >= 0.3 is 5.97 Å². The molecule has 11 nitrogen and oxygen atoms in total. The highest BCUT2D eigenvalue weighted by atomic mass is 16.7.